The van der Waals surface area contributed by atoms with Crippen LogP contribution in [-0.4, -0.2) is 41.4 Å². The molecule has 9 heteroatoms. The van der Waals surface area contributed by atoms with Gasteiger partial charge in [-0.05, 0) is 86.2 Å². The van der Waals surface area contributed by atoms with Gasteiger partial charge in [0.15, 0.2) is 5.11 Å². The zero-order valence-corrected chi connectivity index (χ0v) is 23.2. The van der Waals surface area contributed by atoms with Crippen LogP contribution in [0.4, 0.5) is 11.4 Å². The fourth-order valence-electron chi connectivity index (χ4n) is 5.22. The van der Waals surface area contributed by atoms with Crippen LogP contribution >= 0.6 is 12.2 Å². The van der Waals surface area contributed by atoms with Crippen molar-refractivity contribution in [3.63, 3.8) is 0 Å². The first-order valence-corrected chi connectivity index (χ1v) is 13.0. The molecule has 2 aromatic heterocycles. The summed E-state index contributed by atoms with van der Waals surface area (Å²) in [5, 5.41) is 6.98. The van der Waals surface area contributed by atoms with E-state index in [-0.39, 0.29) is 24.6 Å². The summed E-state index contributed by atoms with van der Waals surface area (Å²) in [6, 6.07) is 23.5. The summed E-state index contributed by atoms with van der Waals surface area (Å²) >= 11 is 5.90. The lowest BCUT2D eigenvalue weighted by Crippen LogP contribution is -2.29. The Morgan fingerprint density at radius 1 is 1.03 bits per heavy atom. The number of pyridine rings is 1. The number of nitrogens with zero attached hydrogens (tertiary/aromatic N) is 3. The van der Waals surface area contributed by atoms with Gasteiger partial charge < -0.3 is 29.6 Å². The van der Waals surface area contributed by atoms with Crippen molar-refractivity contribution in [1.29, 1.82) is 0 Å². The molecule has 0 aliphatic carbocycles. The van der Waals surface area contributed by atoms with Crippen LogP contribution in [0, 0.1) is 13.8 Å². The molecule has 1 aliphatic heterocycles. The summed E-state index contributed by atoms with van der Waals surface area (Å²) in [5.41, 5.74) is 6.87. The van der Waals surface area contributed by atoms with Crippen molar-refractivity contribution in [3.05, 3.63) is 102 Å². The third kappa shape index (κ3) is 5.23. The third-order valence-electron chi connectivity index (χ3n) is 6.90. The Morgan fingerprint density at radius 2 is 1.82 bits per heavy atom. The quantitative estimate of drug-likeness (QED) is 0.295. The third-order valence-corrected chi connectivity index (χ3v) is 7.22. The number of carbonyl (C=O) groups excluding carboxylic acids is 1. The normalized spacial score (nSPS) is 16.7. The number of methoxy groups -OCH3 is 2. The van der Waals surface area contributed by atoms with Crippen LogP contribution < -0.4 is 20.3 Å². The Morgan fingerprint density at radius 3 is 2.51 bits per heavy atom. The van der Waals surface area contributed by atoms with Crippen LogP contribution in [-0.2, 0) is 9.53 Å². The highest BCUT2D eigenvalue weighted by Gasteiger charge is 2.42. The fraction of sp³-hybridized carbons (Fsp3) is 0.233. The van der Waals surface area contributed by atoms with E-state index in [2.05, 4.69) is 51.1 Å². The standard InChI is InChI=1S/C30H31N5O3S/c1-19-16-25(20(2)34(19)23-8-7-9-24(17-23)38-4)29-28(26-10-5-6-15-31-26)33-30(39)35(29)22-13-11-21(12-14-22)32-27(36)18-37-3/h5-17,28-29H,18H2,1-4H3,(H,32,36)(H,33,39). The van der Waals surface area contributed by atoms with Crippen molar-refractivity contribution in [2.24, 2.45) is 0 Å². The summed E-state index contributed by atoms with van der Waals surface area (Å²) in [6.07, 6.45) is 1.80. The maximum Gasteiger partial charge on any atom is 0.250 e. The van der Waals surface area contributed by atoms with Crippen molar-refractivity contribution >= 4 is 34.6 Å². The van der Waals surface area contributed by atoms with Crippen molar-refractivity contribution in [2.75, 3.05) is 31.0 Å². The monoisotopic (exact) mass is 541 g/mol. The molecular weight excluding hydrogens is 510 g/mol. The number of ether oxygens (including phenoxy) is 2. The van der Waals surface area contributed by atoms with E-state index < -0.39 is 0 Å². The van der Waals surface area contributed by atoms with Gasteiger partial charge in [-0.1, -0.05) is 12.1 Å². The topological polar surface area (TPSA) is 80.7 Å². The number of nitrogens with one attached hydrogen (secondary N) is 2. The second-order valence-corrected chi connectivity index (χ2v) is 9.77. The van der Waals surface area contributed by atoms with Crippen molar-refractivity contribution < 1.29 is 14.3 Å². The minimum absolute atomic E-state index is 0.00137. The molecule has 2 N–H and O–H groups in total. The fourth-order valence-corrected chi connectivity index (χ4v) is 5.56. The minimum Gasteiger partial charge on any atom is -0.497 e. The van der Waals surface area contributed by atoms with Crippen LogP contribution in [0.15, 0.2) is 79.0 Å². The summed E-state index contributed by atoms with van der Waals surface area (Å²) in [6.45, 7) is 4.23. The van der Waals surface area contributed by atoms with E-state index in [9.17, 15) is 4.79 Å². The molecular formula is C30H31N5O3S. The molecule has 1 saturated heterocycles. The van der Waals surface area contributed by atoms with E-state index in [1.807, 2.05) is 60.7 Å². The molecule has 2 aromatic carbocycles. The first kappa shape index (κ1) is 26.4. The lowest BCUT2D eigenvalue weighted by molar-refractivity contribution is -0.119. The number of anilines is 2. The Hall–Kier alpha value is -4.21. The van der Waals surface area contributed by atoms with Crippen LogP contribution in [0.2, 0.25) is 0 Å². The molecule has 1 aliphatic rings. The van der Waals surface area contributed by atoms with E-state index in [4.69, 9.17) is 21.7 Å². The van der Waals surface area contributed by atoms with E-state index in [1.54, 1.807) is 13.3 Å². The molecule has 0 spiro atoms. The van der Waals surface area contributed by atoms with Gasteiger partial charge in [-0.15, -0.1) is 0 Å². The number of carbonyl (C=O) groups is 1. The number of thiocarbonyl (C=S) groups is 1. The molecule has 0 bridgehead atoms. The second kappa shape index (κ2) is 11.3. The first-order chi connectivity index (χ1) is 18.9. The summed E-state index contributed by atoms with van der Waals surface area (Å²) in [5.74, 6) is 0.595. The predicted molar refractivity (Wildman–Crippen MR) is 157 cm³/mol. The largest absolute Gasteiger partial charge is 0.497 e. The van der Waals surface area contributed by atoms with Crippen molar-refractivity contribution in [2.45, 2.75) is 25.9 Å². The molecule has 2 atom stereocenters. The van der Waals surface area contributed by atoms with Gasteiger partial charge in [-0.25, -0.2) is 0 Å². The number of hydrogen-bond donors (Lipinski definition) is 2. The number of aromatic nitrogens is 2. The molecule has 8 nitrogen and oxygen atoms in total. The van der Waals surface area contributed by atoms with Gasteiger partial charge in [-0.3, -0.25) is 9.78 Å². The number of aryl methyl sites for hydroxylation is 1. The van der Waals surface area contributed by atoms with Crippen LogP contribution in [0.1, 0.15) is 34.7 Å². The van der Waals surface area contributed by atoms with Gasteiger partial charge in [0.25, 0.3) is 0 Å². The van der Waals surface area contributed by atoms with Gasteiger partial charge in [0.05, 0.1) is 24.9 Å². The van der Waals surface area contributed by atoms with Crippen LogP contribution in [0.5, 0.6) is 5.75 Å². The highest BCUT2D eigenvalue weighted by molar-refractivity contribution is 7.80. The van der Waals surface area contributed by atoms with Gasteiger partial charge in [0, 0.05) is 47.8 Å². The Labute approximate surface area is 233 Å². The zero-order chi connectivity index (χ0) is 27.5. The number of rotatable bonds is 8. The smallest absolute Gasteiger partial charge is 0.250 e. The number of benzene rings is 2. The first-order valence-electron chi connectivity index (χ1n) is 12.6. The molecule has 200 valence electrons. The van der Waals surface area contributed by atoms with Gasteiger partial charge in [-0.2, -0.15) is 0 Å². The molecule has 39 heavy (non-hydrogen) atoms. The molecule has 0 radical (unpaired) electrons. The van der Waals surface area contributed by atoms with Crippen molar-refractivity contribution in [3.8, 4) is 11.4 Å². The minimum atomic E-state index is -0.207. The van der Waals surface area contributed by atoms with Gasteiger partial charge in [0.1, 0.15) is 12.4 Å². The van der Waals surface area contributed by atoms with E-state index >= 15 is 0 Å². The summed E-state index contributed by atoms with van der Waals surface area (Å²) in [4.78, 5) is 18.8. The van der Waals surface area contributed by atoms with Gasteiger partial charge in [0.2, 0.25) is 5.91 Å². The molecule has 4 aromatic rings. The summed E-state index contributed by atoms with van der Waals surface area (Å²) < 4.78 is 12.6. The maximum absolute atomic E-state index is 12.0. The molecule has 1 fully saturated rings. The van der Waals surface area contributed by atoms with Crippen molar-refractivity contribution in [1.82, 2.24) is 14.9 Å². The molecule has 3 heterocycles. The average molecular weight is 542 g/mol. The van der Waals surface area contributed by atoms with Crippen LogP contribution in [0.3, 0.4) is 0 Å². The molecule has 2 unspecified atom stereocenters. The number of amides is 1. The molecule has 0 saturated carbocycles. The predicted octanol–water partition coefficient (Wildman–Crippen LogP) is 5.26. The van der Waals surface area contributed by atoms with E-state index in [0.717, 1.165) is 39.8 Å². The highest BCUT2D eigenvalue weighted by atomic mass is 32.1. The SMILES string of the molecule is COCC(=O)Nc1ccc(N2C(=S)NC(c3ccccn3)C2c2cc(C)n(-c3cccc(OC)c3)c2C)cc1. The van der Waals surface area contributed by atoms with Crippen LogP contribution in [0.25, 0.3) is 5.69 Å². The Kier molecular flexibility index (Phi) is 7.63. The summed E-state index contributed by atoms with van der Waals surface area (Å²) in [7, 11) is 3.17. The zero-order valence-electron chi connectivity index (χ0n) is 22.3. The van der Waals surface area contributed by atoms with E-state index in [0.29, 0.717) is 10.8 Å². The second-order valence-electron chi connectivity index (χ2n) is 9.39. The molecule has 1 amide bonds. The average Bonchev–Trinajstić information content (AvgIpc) is 3.44. The lowest BCUT2D eigenvalue weighted by Gasteiger charge is -2.28. The highest BCUT2D eigenvalue weighted by Crippen LogP contribution is 2.44. The van der Waals surface area contributed by atoms with E-state index in [1.165, 1.54) is 7.11 Å². The molecule has 5 rings (SSSR count). The maximum atomic E-state index is 12.0. The Balaban J connectivity index is 1.58. The number of hydrogen-bond acceptors (Lipinski definition) is 5. The Bertz CT molecular complexity index is 1490. The lowest BCUT2D eigenvalue weighted by atomic mass is 9.96. The van der Waals surface area contributed by atoms with Gasteiger partial charge >= 0.3 is 0 Å².